The van der Waals surface area contributed by atoms with Gasteiger partial charge in [0.15, 0.2) is 11.5 Å². The first-order valence-electron chi connectivity index (χ1n) is 12.3. The molecule has 0 saturated heterocycles. The molecule has 38 heavy (non-hydrogen) atoms. The number of aromatic nitrogens is 1. The van der Waals surface area contributed by atoms with Crippen LogP contribution in [0.4, 0.5) is 11.4 Å². The van der Waals surface area contributed by atoms with E-state index in [9.17, 15) is 4.79 Å². The van der Waals surface area contributed by atoms with Crippen molar-refractivity contribution < 1.29 is 13.9 Å². The molecule has 1 heterocycles. The maximum absolute atomic E-state index is 13.7. The monoisotopic (exact) mass is 503 g/mol. The number of amides is 1. The number of benzene rings is 4. The van der Waals surface area contributed by atoms with E-state index in [4.69, 9.17) is 14.1 Å². The van der Waals surface area contributed by atoms with Crippen molar-refractivity contribution >= 4 is 17.3 Å². The van der Waals surface area contributed by atoms with Gasteiger partial charge in [-0.1, -0.05) is 54.6 Å². The van der Waals surface area contributed by atoms with Gasteiger partial charge in [-0.3, -0.25) is 4.79 Å². The van der Waals surface area contributed by atoms with Crippen molar-refractivity contribution in [2.24, 2.45) is 0 Å². The molecule has 1 aromatic heterocycles. The van der Waals surface area contributed by atoms with Crippen molar-refractivity contribution in [2.45, 2.75) is 6.92 Å². The minimum absolute atomic E-state index is 0.198. The maximum atomic E-state index is 13.7. The van der Waals surface area contributed by atoms with Gasteiger partial charge in [0.1, 0.15) is 5.75 Å². The van der Waals surface area contributed by atoms with E-state index in [1.165, 1.54) is 0 Å². The molecule has 0 atom stereocenters. The number of carbonyl (C=O) groups excluding carboxylic acids is 1. The second-order valence-electron chi connectivity index (χ2n) is 9.21. The highest BCUT2D eigenvalue weighted by Gasteiger charge is 2.24. The topological polar surface area (TPSA) is 67.6 Å². The molecule has 0 spiro atoms. The van der Waals surface area contributed by atoms with Gasteiger partial charge < -0.3 is 19.4 Å². The first kappa shape index (κ1) is 24.8. The summed E-state index contributed by atoms with van der Waals surface area (Å²) in [5.41, 5.74) is 6.37. The van der Waals surface area contributed by atoms with Gasteiger partial charge in [-0.05, 0) is 66.1 Å². The molecule has 0 aliphatic heterocycles. The predicted octanol–water partition coefficient (Wildman–Crippen LogP) is 7.31. The average Bonchev–Trinajstić information content (AvgIpc) is 3.39. The summed E-state index contributed by atoms with van der Waals surface area (Å²) in [5, 5.41) is 2.97. The highest BCUT2D eigenvalue weighted by molar-refractivity contribution is 6.07. The Hall–Kier alpha value is -4.84. The van der Waals surface area contributed by atoms with Crippen LogP contribution in [0, 0.1) is 6.92 Å². The van der Waals surface area contributed by atoms with Crippen molar-refractivity contribution in [3.05, 3.63) is 108 Å². The fourth-order valence-corrected chi connectivity index (χ4v) is 4.34. The molecule has 1 N–H and O–H groups in total. The van der Waals surface area contributed by atoms with Gasteiger partial charge in [0.25, 0.3) is 5.91 Å². The van der Waals surface area contributed by atoms with Crippen LogP contribution in [0.15, 0.2) is 101 Å². The first-order chi connectivity index (χ1) is 18.4. The Kier molecular flexibility index (Phi) is 6.96. The SMILES string of the molecule is COc1ccc(C)cc1NC(=O)c1nc(-c2ccccc2-c2ccccc2)oc1-c1ccc(N(C)C)cc1. The van der Waals surface area contributed by atoms with Crippen LogP contribution >= 0.6 is 0 Å². The fraction of sp³-hybridized carbons (Fsp3) is 0.125. The molecule has 6 heteroatoms. The Morgan fingerprint density at radius 3 is 2.21 bits per heavy atom. The van der Waals surface area contributed by atoms with Gasteiger partial charge in [-0.15, -0.1) is 0 Å². The van der Waals surface area contributed by atoms with Crippen LogP contribution in [0.5, 0.6) is 5.75 Å². The number of rotatable bonds is 7. The molecular weight excluding hydrogens is 474 g/mol. The zero-order chi connectivity index (χ0) is 26.6. The number of anilines is 2. The number of nitrogens with one attached hydrogen (secondary N) is 1. The van der Waals surface area contributed by atoms with Crippen LogP contribution < -0.4 is 15.0 Å². The lowest BCUT2D eigenvalue weighted by Crippen LogP contribution is -2.14. The Labute approximate surface area is 222 Å². The number of methoxy groups -OCH3 is 1. The summed E-state index contributed by atoms with van der Waals surface area (Å²) < 4.78 is 11.8. The Morgan fingerprint density at radius 2 is 1.53 bits per heavy atom. The number of nitrogens with zero attached hydrogens (tertiary/aromatic N) is 2. The summed E-state index contributed by atoms with van der Waals surface area (Å²) in [6.45, 7) is 1.96. The molecule has 6 nitrogen and oxygen atoms in total. The second-order valence-corrected chi connectivity index (χ2v) is 9.21. The van der Waals surface area contributed by atoms with Gasteiger partial charge in [0.2, 0.25) is 5.89 Å². The Balaban J connectivity index is 1.62. The molecule has 0 bridgehead atoms. The lowest BCUT2D eigenvalue weighted by atomic mass is 10.00. The van der Waals surface area contributed by atoms with Crippen LogP contribution in [0.2, 0.25) is 0 Å². The summed E-state index contributed by atoms with van der Waals surface area (Å²) in [4.78, 5) is 20.4. The van der Waals surface area contributed by atoms with Crippen molar-refractivity contribution in [3.63, 3.8) is 0 Å². The lowest BCUT2D eigenvalue weighted by molar-refractivity contribution is 0.102. The molecule has 0 aliphatic carbocycles. The van der Waals surface area contributed by atoms with Gasteiger partial charge in [-0.2, -0.15) is 0 Å². The van der Waals surface area contributed by atoms with Gasteiger partial charge >= 0.3 is 0 Å². The standard InChI is InChI=1S/C32H29N3O3/c1-21-14-19-28(37-4)27(20-21)33-31(36)29-30(23-15-17-24(18-16-23)35(2)3)38-32(34-29)26-13-9-8-12-25(26)22-10-6-5-7-11-22/h5-20H,1-4H3,(H,33,36). The van der Waals surface area contributed by atoms with Crippen LogP contribution in [-0.2, 0) is 0 Å². The van der Waals surface area contributed by atoms with E-state index in [2.05, 4.69) is 5.32 Å². The molecule has 190 valence electrons. The number of hydrogen-bond donors (Lipinski definition) is 1. The third kappa shape index (κ3) is 5.02. The van der Waals surface area contributed by atoms with Crippen molar-refractivity contribution in [1.29, 1.82) is 0 Å². The van der Waals surface area contributed by atoms with E-state index in [-0.39, 0.29) is 11.6 Å². The number of hydrogen-bond acceptors (Lipinski definition) is 5. The minimum atomic E-state index is -0.382. The van der Waals surface area contributed by atoms with E-state index < -0.39 is 0 Å². The lowest BCUT2D eigenvalue weighted by Gasteiger charge is -2.12. The maximum Gasteiger partial charge on any atom is 0.278 e. The normalized spacial score (nSPS) is 10.7. The van der Waals surface area contributed by atoms with Gasteiger partial charge in [-0.25, -0.2) is 4.98 Å². The molecule has 1 amide bonds. The molecule has 0 aliphatic rings. The quantitative estimate of drug-likeness (QED) is 0.252. The number of oxazole rings is 1. The van der Waals surface area contributed by atoms with E-state index in [1.54, 1.807) is 7.11 Å². The van der Waals surface area contributed by atoms with E-state index in [0.717, 1.165) is 33.5 Å². The van der Waals surface area contributed by atoms with Crippen LogP contribution in [-0.4, -0.2) is 32.1 Å². The smallest absolute Gasteiger partial charge is 0.278 e. The number of aryl methyl sites for hydroxylation is 1. The average molecular weight is 504 g/mol. The van der Waals surface area contributed by atoms with E-state index in [0.29, 0.717) is 23.1 Å². The summed E-state index contributed by atoms with van der Waals surface area (Å²) in [6.07, 6.45) is 0. The van der Waals surface area contributed by atoms with E-state index >= 15 is 0 Å². The van der Waals surface area contributed by atoms with E-state index in [1.807, 2.05) is 123 Å². The number of ether oxygens (including phenoxy) is 1. The summed E-state index contributed by atoms with van der Waals surface area (Å²) >= 11 is 0. The predicted molar refractivity (Wildman–Crippen MR) is 153 cm³/mol. The second kappa shape index (κ2) is 10.6. The highest BCUT2D eigenvalue weighted by atomic mass is 16.5. The fourth-order valence-electron chi connectivity index (χ4n) is 4.34. The molecule has 5 rings (SSSR count). The summed E-state index contributed by atoms with van der Waals surface area (Å²) in [6, 6.07) is 31.4. The molecule has 5 aromatic rings. The summed E-state index contributed by atoms with van der Waals surface area (Å²) in [7, 11) is 5.54. The molecule has 0 unspecified atom stereocenters. The molecule has 4 aromatic carbocycles. The Morgan fingerprint density at radius 1 is 0.842 bits per heavy atom. The highest BCUT2D eigenvalue weighted by Crippen LogP contribution is 2.36. The van der Waals surface area contributed by atoms with Crippen molar-refractivity contribution in [2.75, 3.05) is 31.4 Å². The largest absolute Gasteiger partial charge is 0.495 e. The first-order valence-corrected chi connectivity index (χ1v) is 12.3. The molecule has 0 saturated carbocycles. The third-order valence-corrected chi connectivity index (χ3v) is 6.33. The molecular formula is C32H29N3O3. The minimum Gasteiger partial charge on any atom is -0.495 e. The van der Waals surface area contributed by atoms with Crippen LogP contribution in [0.25, 0.3) is 33.9 Å². The third-order valence-electron chi connectivity index (χ3n) is 6.33. The Bertz CT molecular complexity index is 1570. The number of carbonyl (C=O) groups is 1. The zero-order valence-corrected chi connectivity index (χ0v) is 21.9. The van der Waals surface area contributed by atoms with Crippen molar-refractivity contribution in [1.82, 2.24) is 4.98 Å². The zero-order valence-electron chi connectivity index (χ0n) is 21.9. The molecule has 0 radical (unpaired) electrons. The van der Waals surface area contributed by atoms with Gasteiger partial charge in [0, 0.05) is 30.9 Å². The van der Waals surface area contributed by atoms with Gasteiger partial charge in [0.05, 0.1) is 12.8 Å². The van der Waals surface area contributed by atoms with Crippen LogP contribution in [0.3, 0.4) is 0 Å². The summed E-state index contributed by atoms with van der Waals surface area (Å²) in [5.74, 6) is 0.960. The van der Waals surface area contributed by atoms with Crippen molar-refractivity contribution in [3.8, 4) is 39.7 Å². The molecule has 0 fully saturated rings. The van der Waals surface area contributed by atoms with Crippen LogP contribution in [0.1, 0.15) is 16.1 Å².